The zero-order valence-corrected chi connectivity index (χ0v) is 11.0. The summed E-state index contributed by atoms with van der Waals surface area (Å²) in [5, 5.41) is 10.6. The molecule has 1 atom stereocenters. The smallest absolute Gasteiger partial charge is 0.338 e. The van der Waals surface area contributed by atoms with Crippen LogP contribution in [0.2, 0.25) is 0 Å². The van der Waals surface area contributed by atoms with Gasteiger partial charge in [-0.25, -0.2) is 4.79 Å². The molecule has 1 aliphatic rings. The topological polar surface area (TPSA) is 46.5 Å². The molecular weight excluding hydrogens is 224 g/mol. The SMILES string of the molecule is CCCC(O)(C(=O)OCC)C1CCSCC1. The van der Waals surface area contributed by atoms with Gasteiger partial charge in [0.05, 0.1) is 6.61 Å². The molecule has 16 heavy (non-hydrogen) atoms. The number of carbonyl (C=O) groups is 1. The average molecular weight is 246 g/mol. The molecule has 1 saturated heterocycles. The van der Waals surface area contributed by atoms with E-state index in [-0.39, 0.29) is 5.92 Å². The van der Waals surface area contributed by atoms with Crippen molar-refractivity contribution in [2.24, 2.45) is 5.92 Å². The maximum absolute atomic E-state index is 11.9. The zero-order chi connectivity index (χ0) is 12.0. The second-order valence-electron chi connectivity index (χ2n) is 4.28. The Kier molecular flexibility index (Phi) is 5.62. The highest BCUT2D eigenvalue weighted by Crippen LogP contribution is 2.35. The fourth-order valence-electron chi connectivity index (χ4n) is 2.29. The highest BCUT2D eigenvalue weighted by molar-refractivity contribution is 7.99. The van der Waals surface area contributed by atoms with E-state index in [1.807, 2.05) is 18.7 Å². The molecule has 0 spiro atoms. The molecular formula is C12H22O3S. The molecule has 0 amide bonds. The molecule has 3 nitrogen and oxygen atoms in total. The Morgan fingerprint density at radius 3 is 2.56 bits per heavy atom. The molecule has 1 aliphatic heterocycles. The minimum absolute atomic E-state index is 0.0766. The van der Waals surface area contributed by atoms with E-state index in [0.717, 1.165) is 30.8 Å². The van der Waals surface area contributed by atoms with Crippen LogP contribution in [-0.4, -0.2) is 34.8 Å². The summed E-state index contributed by atoms with van der Waals surface area (Å²) in [6.45, 7) is 4.11. The summed E-state index contributed by atoms with van der Waals surface area (Å²) in [5.74, 6) is 1.73. The second kappa shape index (κ2) is 6.50. The van der Waals surface area contributed by atoms with Crippen molar-refractivity contribution in [2.75, 3.05) is 18.1 Å². The van der Waals surface area contributed by atoms with Crippen LogP contribution in [0.4, 0.5) is 0 Å². The van der Waals surface area contributed by atoms with Gasteiger partial charge in [0.15, 0.2) is 5.60 Å². The van der Waals surface area contributed by atoms with Crippen LogP contribution >= 0.6 is 11.8 Å². The molecule has 1 N–H and O–H groups in total. The molecule has 1 heterocycles. The van der Waals surface area contributed by atoms with Crippen LogP contribution in [0.1, 0.15) is 39.5 Å². The van der Waals surface area contributed by atoms with Crippen LogP contribution in [0.3, 0.4) is 0 Å². The molecule has 94 valence electrons. The normalized spacial score (nSPS) is 21.4. The number of carbonyl (C=O) groups excluding carboxylic acids is 1. The van der Waals surface area contributed by atoms with Gasteiger partial charge in [0.2, 0.25) is 0 Å². The molecule has 1 unspecified atom stereocenters. The largest absolute Gasteiger partial charge is 0.464 e. The summed E-state index contributed by atoms with van der Waals surface area (Å²) in [6.07, 6.45) is 3.15. The average Bonchev–Trinajstić information content (AvgIpc) is 2.30. The standard InChI is InChI=1S/C12H22O3S/c1-3-7-12(14,11(13)15-4-2)10-5-8-16-9-6-10/h10,14H,3-9H2,1-2H3. The fraction of sp³-hybridized carbons (Fsp3) is 0.917. The lowest BCUT2D eigenvalue weighted by Crippen LogP contribution is -2.48. The van der Waals surface area contributed by atoms with E-state index in [1.54, 1.807) is 6.92 Å². The first kappa shape index (κ1) is 13.8. The minimum Gasteiger partial charge on any atom is -0.464 e. The Bertz CT molecular complexity index is 226. The number of hydrogen-bond acceptors (Lipinski definition) is 4. The minimum atomic E-state index is -1.24. The van der Waals surface area contributed by atoms with E-state index >= 15 is 0 Å². The van der Waals surface area contributed by atoms with Gasteiger partial charge in [0.1, 0.15) is 0 Å². The van der Waals surface area contributed by atoms with Crippen molar-refractivity contribution in [1.29, 1.82) is 0 Å². The van der Waals surface area contributed by atoms with Crippen LogP contribution in [0.5, 0.6) is 0 Å². The van der Waals surface area contributed by atoms with Gasteiger partial charge in [-0.15, -0.1) is 0 Å². The van der Waals surface area contributed by atoms with Crippen LogP contribution in [0, 0.1) is 5.92 Å². The summed E-state index contributed by atoms with van der Waals surface area (Å²) in [4.78, 5) is 11.9. The number of esters is 1. The third-order valence-electron chi connectivity index (χ3n) is 3.16. The number of hydrogen-bond donors (Lipinski definition) is 1. The summed E-state index contributed by atoms with van der Waals surface area (Å²) < 4.78 is 5.02. The monoisotopic (exact) mass is 246 g/mol. The highest BCUT2D eigenvalue weighted by Gasteiger charge is 2.44. The molecule has 0 aromatic rings. The molecule has 0 aromatic heterocycles. The van der Waals surface area contributed by atoms with E-state index in [0.29, 0.717) is 13.0 Å². The van der Waals surface area contributed by atoms with Gasteiger partial charge in [-0.3, -0.25) is 0 Å². The van der Waals surface area contributed by atoms with E-state index < -0.39 is 11.6 Å². The van der Waals surface area contributed by atoms with E-state index in [2.05, 4.69) is 0 Å². The highest BCUT2D eigenvalue weighted by atomic mass is 32.2. The molecule has 0 aliphatic carbocycles. The lowest BCUT2D eigenvalue weighted by atomic mass is 9.80. The summed E-state index contributed by atoms with van der Waals surface area (Å²) in [7, 11) is 0. The van der Waals surface area contributed by atoms with Crippen molar-refractivity contribution >= 4 is 17.7 Å². The number of rotatable bonds is 5. The molecule has 0 saturated carbocycles. The lowest BCUT2D eigenvalue weighted by Gasteiger charge is -2.36. The van der Waals surface area contributed by atoms with Crippen LogP contribution in [0.25, 0.3) is 0 Å². The van der Waals surface area contributed by atoms with Crippen LogP contribution in [-0.2, 0) is 9.53 Å². The Labute approximate surface area is 102 Å². The maximum atomic E-state index is 11.9. The van der Waals surface area contributed by atoms with Crippen LogP contribution in [0.15, 0.2) is 0 Å². The van der Waals surface area contributed by atoms with Gasteiger partial charge in [0, 0.05) is 5.92 Å². The Morgan fingerprint density at radius 1 is 1.44 bits per heavy atom. The van der Waals surface area contributed by atoms with Gasteiger partial charge in [-0.1, -0.05) is 13.3 Å². The summed E-state index contributed by atoms with van der Waals surface area (Å²) >= 11 is 1.89. The van der Waals surface area contributed by atoms with E-state index in [4.69, 9.17) is 4.74 Å². The van der Waals surface area contributed by atoms with E-state index in [9.17, 15) is 9.90 Å². The second-order valence-corrected chi connectivity index (χ2v) is 5.51. The molecule has 4 heteroatoms. The summed E-state index contributed by atoms with van der Waals surface area (Å²) in [5.41, 5.74) is -1.24. The quantitative estimate of drug-likeness (QED) is 0.756. The molecule has 0 radical (unpaired) electrons. The number of ether oxygens (including phenoxy) is 1. The molecule has 0 aromatic carbocycles. The van der Waals surface area contributed by atoms with Crippen molar-refractivity contribution in [3.63, 3.8) is 0 Å². The molecule has 1 fully saturated rings. The molecule has 1 rings (SSSR count). The Balaban J connectivity index is 2.72. The number of thioether (sulfide) groups is 1. The van der Waals surface area contributed by atoms with Gasteiger partial charge in [-0.2, -0.15) is 11.8 Å². The van der Waals surface area contributed by atoms with Crippen molar-refractivity contribution in [3.05, 3.63) is 0 Å². The van der Waals surface area contributed by atoms with E-state index in [1.165, 1.54) is 0 Å². The predicted molar refractivity (Wildman–Crippen MR) is 66.5 cm³/mol. The first-order chi connectivity index (χ1) is 7.65. The first-order valence-electron chi connectivity index (χ1n) is 6.12. The maximum Gasteiger partial charge on any atom is 0.338 e. The Hall–Kier alpha value is -0.220. The predicted octanol–water partition coefficient (Wildman–Crippen LogP) is 2.22. The fourth-order valence-corrected chi connectivity index (χ4v) is 3.39. The Morgan fingerprint density at radius 2 is 2.06 bits per heavy atom. The van der Waals surface area contributed by atoms with Crippen molar-refractivity contribution in [1.82, 2.24) is 0 Å². The van der Waals surface area contributed by atoms with Crippen molar-refractivity contribution in [3.8, 4) is 0 Å². The van der Waals surface area contributed by atoms with Crippen molar-refractivity contribution in [2.45, 2.75) is 45.1 Å². The van der Waals surface area contributed by atoms with Gasteiger partial charge < -0.3 is 9.84 Å². The third kappa shape index (κ3) is 3.14. The summed E-state index contributed by atoms with van der Waals surface area (Å²) in [6, 6.07) is 0. The van der Waals surface area contributed by atoms with Gasteiger partial charge in [0.25, 0.3) is 0 Å². The first-order valence-corrected chi connectivity index (χ1v) is 7.28. The third-order valence-corrected chi connectivity index (χ3v) is 4.21. The number of aliphatic hydroxyl groups is 1. The van der Waals surface area contributed by atoms with Crippen LogP contribution < -0.4 is 0 Å². The zero-order valence-electron chi connectivity index (χ0n) is 10.2. The van der Waals surface area contributed by atoms with Gasteiger partial charge >= 0.3 is 5.97 Å². The lowest BCUT2D eigenvalue weighted by molar-refractivity contribution is -0.173. The van der Waals surface area contributed by atoms with Gasteiger partial charge in [-0.05, 0) is 37.7 Å². The van der Waals surface area contributed by atoms with Crippen molar-refractivity contribution < 1.29 is 14.6 Å². The molecule has 0 bridgehead atoms.